The molecule has 1 saturated carbocycles. The van der Waals surface area contributed by atoms with Gasteiger partial charge >= 0.3 is 5.97 Å². The maximum absolute atomic E-state index is 13.2. The summed E-state index contributed by atoms with van der Waals surface area (Å²) in [6.07, 6.45) is 1.03. The van der Waals surface area contributed by atoms with Gasteiger partial charge < -0.3 is 10.5 Å². The molecular weight excluding hydrogens is 256 g/mol. The van der Waals surface area contributed by atoms with Crippen molar-refractivity contribution < 1.29 is 18.3 Å². The van der Waals surface area contributed by atoms with Gasteiger partial charge in [0.2, 0.25) is 5.92 Å². The standard InChI is InChI=1S/C12H17F2N3O2/c1-17-9(8(7-16-17)10(18)19-2)11(15)3-5-12(13,14)6-4-11/h7H,3-6,15H2,1-2H3. The predicted octanol–water partition coefficient (Wildman–Crippen LogP) is 1.57. The minimum atomic E-state index is -2.67. The highest BCUT2D eigenvalue weighted by atomic mass is 19.3. The summed E-state index contributed by atoms with van der Waals surface area (Å²) >= 11 is 0. The summed E-state index contributed by atoms with van der Waals surface area (Å²) in [5, 5.41) is 3.99. The number of nitrogens with two attached hydrogens (primary N) is 1. The van der Waals surface area contributed by atoms with Gasteiger partial charge in [0.15, 0.2) is 0 Å². The maximum atomic E-state index is 13.2. The molecule has 1 aliphatic carbocycles. The number of nitrogens with zero attached hydrogens (tertiary/aromatic N) is 2. The van der Waals surface area contributed by atoms with Crippen LogP contribution in [0.2, 0.25) is 0 Å². The van der Waals surface area contributed by atoms with Gasteiger partial charge in [-0.25, -0.2) is 13.6 Å². The van der Waals surface area contributed by atoms with Crippen LogP contribution in [0.15, 0.2) is 6.20 Å². The number of esters is 1. The van der Waals surface area contributed by atoms with Crippen LogP contribution in [0, 0.1) is 0 Å². The summed E-state index contributed by atoms with van der Waals surface area (Å²) in [4.78, 5) is 11.7. The van der Waals surface area contributed by atoms with Crippen LogP contribution in [-0.4, -0.2) is 28.8 Å². The fraction of sp³-hybridized carbons (Fsp3) is 0.667. The molecular formula is C12H17F2N3O2. The molecule has 1 aliphatic rings. The SMILES string of the molecule is COC(=O)c1cnn(C)c1C1(N)CCC(F)(F)CC1. The summed E-state index contributed by atoms with van der Waals surface area (Å²) in [5.74, 6) is -3.22. The molecule has 1 aromatic rings. The molecule has 5 nitrogen and oxygen atoms in total. The van der Waals surface area contributed by atoms with Gasteiger partial charge in [0.1, 0.15) is 5.56 Å². The van der Waals surface area contributed by atoms with E-state index >= 15 is 0 Å². The summed E-state index contributed by atoms with van der Waals surface area (Å²) < 4.78 is 32.6. The Morgan fingerprint density at radius 3 is 2.53 bits per heavy atom. The van der Waals surface area contributed by atoms with Crippen molar-refractivity contribution in [2.24, 2.45) is 12.8 Å². The molecule has 0 bridgehead atoms. The average Bonchev–Trinajstić information content (AvgIpc) is 2.75. The monoisotopic (exact) mass is 273 g/mol. The minimum Gasteiger partial charge on any atom is -0.465 e. The summed E-state index contributed by atoms with van der Waals surface area (Å²) in [6, 6.07) is 0. The number of hydrogen-bond acceptors (Lipinski definition) is 4. The Kier molecular flexibility index (Phi) is 3.34. The first-order valence-corrected chi connectivity index (χ1v) is 6.07. The molecule has 0 unspecified atom stereocenters. The van der Waals surface area contributed by atoms with Crippen LogP contribution < -0.4 is 5.73 Å². The molecule has 1 heterocycles. The zero-order valence-corrected chi connectivity index (χ0v) is 10.9. The first-order valence-electron chi connectivity index (χ1n) is 6.07. The molecule has 0 atom stereocenters. The van der Waals surface area contributed by atoms with E-state index in [4.69, 9.17) is 5.73 Å². The van der Waals surface area contributed by atoms with Gasteiger partial charge in [-0.2, -0.15) is 5.10 Å². The largest absolute Gasteiger partial charge is 0.465 e. The Labute approximate surface area is 109 Å². The number of methoxy groups -OCH3 is 1. The topological polar surface area (TPSA) is 70.1 Å². The van der Waals surface area contributed by atoms with Gasteiger partial charge in [0.25, 0.3) is 0 Å². The third kappa shape index (κ3) is 2.47. The summed E-state index contributed by atoms with van der Waals surface area (Å²) in [7, 11) is 2.90. The number of alkyl halides is 2. The number of carbonyl (C=O) groups is 1. The third-order valence-electron chi connectivity index (χ3n) is 3.69. The lowest BCUT2D eigenvalue weighted by atomic mass is 9.77. The van der Waals surface area contributed by atoms with E-state index in [1.165, 1.54) is 18.0 Å². The fourth-order valence-corrected chi connectivity index (χ4v) is 2.59. The zero-order chi connectivity index (χ0) is 14.3. The number of aromatic nitrogens is 2. The quantitative estimate of drug-likeness (QED) is 0.830. The van der Waals surface area contributed by atoms with Crippen LogP contribution in [-0.2, 0) is 17.3 Å². The Morgan fingerprint density at radius 1 is 1.42 bits per heavy atom. The Hall–Kier alpha value is -1.50. The smallest absolute Gasteiger partial charge is 0.341 e. The van der Waals surface area contributed by atoms with E-state index in [0.717, 1.165) is 0 Å². The van der Waals surface area contributed by atoms with Crippen LogP contribution in [0.1, 0.15) is 41.7 Å². The van der Waals surface area contributed by atoms with Gasteiger partial charge in [0.05, 0.1) is 24.5 Å². The van der Waals surface area contributed by atoms with Crippen LogP contribution >= 0.6 is 0 Å². The molecule has 1 fully saturated rings. The number of carbonyl (C=O) groups excluding carboxylic acids is 1. The van der Waals surface area contributed by atoms with E-state index in [2.05, 4.69) is 9.84 Å². The second kappa shape index (κ2) is 4.56. The van der Waals surface area contributed by atoms with Gasteiger partial charge in [-0.05, 0) is 12.8 Å². The third-order valence-corrected chi connectivity index (χ3v) is 3.69. The number of aryl methyl sites for hydroxylation is 1. The number of hydrogen-bond donors (Lipinski definition) is 1. The predicted molar refractivity (Wildman–Crippen MR) is 63.8 cm³/mol. The molecule has 0 radical (unpaired) electrons. The van der Waals surface area contributed by atoms with E-state index in [1.54, 1.807) is 7.05 Å². The highest BCUT2D eigenvalue weighted by Gasteiger charge is 2.45. The molecule has 0 saturated heterocycles. The van der Waals surface area contributed by atoms with Gasteiger partial charge in [-0.15, -0.1) is 0 Å². The highest BCUT2D eigenvalue weighted by molar-refractivity contribution is 5.90. The van der Waals surface area contributed by atoms with Crippen LogP contribution in [0.25, 0.3) is 0 Å². The second-order valence-electron chi connectivity index (χ2n) is 5.03. The molecule has 106 valence electrons. The van der Waals surface area contributed by atoms with E-state index in [9.17, 15) is 13.6 Å². The average molecular weight is 273 g/mol. The molecule has 0 spiro atoms. The molecule has 0 aliphatic heterocycles. The Bertz CT molecular complexity index is 489. The zero-order valence-electron chi connectivity index (χ0n) is 10.9. The van der Waals surface area contributed by atoms with Gasteiger partial charge in [-0.1, -0.05) is 0 Å². The fourth-order valence-electron chi connectivity index (χ4n) is 2.59. The van der Waals surface area contributed by atoms with Crippen molar-refractivity contribution in [2.45, 2.75) is 37.1 Å². The lowest BCUT2D eigenvalue weighted by molar-refractivity contribution is -0.0524. The first kappa shape index (κ1) is 13.9. The van der Waals surface area contributed by atoms with Gasteiger partial charge in [0, 0.05) is 19.9 Å². The van der Waals surface area contributed by atoms with Crippen molar-refractivity contribution in [3.8, 4) is 0 Å². The van der Waals surface area contributed by atoms with Crippen molar-refractivity contribution in [2.75, 3.05) is 7.11 Å². The lowest BCUT2D eigenvalue weighted by Crippen LogP contribution is -2.45. The molecule has 7 heteroatoms. The van der Waals surface area contributed by atoms with Gasteiger partial charge in [-0.3, -0.25) is 4.68 Å². The molecule has 0 amide bonds. The lowest BCUT2D eigenvalue weighted by Gasteiger charge is -2.37. The number of rotatable bonds is 2. The Balaban J connectivity index is 2.36. The highest BCUT2D eigenvalue weighted by Crippen LogP contribution is 2.42. The molecule has 2 N–H and O–H groups in total. The number of halogens is 2. The van der Waals surface area contributed by atoms with Crippen molar-refractivity contribution in [1.29, 1.82) is 0 Å². The van der Waals surface area contributed by atoms with Crippen molar-refractivity contribution in [1.82, 2.24) is 9.78 Å². The second-order valence-corrected chi connectivity index (χ2v) is 5.03. The summed E-state index contributed by atoms with van der Waals surface area (Å²) in [5.41, 5.74) is 5.99. The van der Waals surface area contributed by atoms with E-state index < -0.39 is 17.4 Å². The number of ether oxygens (including phenoxy) is 1. The Morgan fingerprint density at radius 2 is 2.00 bits per heavy atom. The van der Waals surface area contributed by atoms with Crippen molar-refractivity contribution in [3.05, 3.63) is 17.5 Å². The molecule has 19 heavy (non-hydrogen) atoms. The summed E-state index contributed by atoms with van der Waals surface area (Å²) in [6.45, 7) is 0. The van der Waals surface area contributed by atoms with Crippen LogP contribution in [0.5, 0.6) is 0 Å². The van der Waals surface area contributed by atoms with Crippen molar-refractivity contribution >= 4 is 5.97 Å². The van der Waals surface area contributed by atoms with E-state index in [0.29, 0.717) is 5.69 Å². The van der Waals surface area contributed by atoms with E-state index in [-0.39, 0.29) is 31.2 Å². The van der Waals surface area contributed by atoms with Crippen LogP contribution in [0.3, 0.4) is 0 Å². The minimum absolute atomic E-state index is 0.115. The van der Waals surface area contributed by atoms with Crippen molar-refractivity contribution in [3.63, 3.8) is 0 Å². The maximum Gasteiger partial charge on any atom is 0.341 e. The first-order chi connectivity index (χ1) is 8.79. The normalized spacial score (nSPS) is 21.1. The molecule has 2 rings (SSSR count). The molecule has 1 aromatic heterocycles. The molecule has 0 aromatic carbocycles. The van der Waals surface area contributed by atoms with E-state index in [1.807, 2.05) is 0 Å². The van der Waals surface area contributed by atoms with Crippen LogP contribution in [0.4, 0.5) is 8.78 Å².